The number of aromatic nitrogens is 1. The monoisotopic (exact) mass is 515 g/mol. The lowest BCUT2D eigenvalue weighted by Crippen LogP contribution is -2.44. The van der Waals surface area contributed by atoms with E-state index in [1.54, 1.807) is 0 Å². The van der Waals surface area contributed by atoms with Crippen LogP contribution in [0, 0.1) is 17.8 Å². The van der Waals surface area contributed by atoms with Crippen LogP contribution in [0.2, 0.25) is 0 Å². The van der Waals surface area contributed by atoms with Crippen molar-refractivity contribution in [2.75, 3.05) is 4.90 Å². The number of benzene rings is 1. The molecule has 1 aromatic heterocycles. The molecule has 7 heteroatoms. The van der Waals surface area contributed by atoms with Gasteiger partial charge in [0.05, 0.1) is 23.9 Å². The second kappa shape index (κ2) is 10.2. The third-order valence-electron chi connectivity index (χ3n) is 10.0. The van der Waals surface area contributed by atoms with Crippen LogP contribution in [0.4, 0.5) is 5.69 Å². The number of carbonyl (C=O) groups is 1. The first-order valence-electron chi connectivity index (χ1n) is 14.9. The fourth-order valence-electron chi connectivity index (χ4n) is 7.86. The molecule has 2 aliphatic carbocycles. The minimum absolute atomic E-state index is 0.0169. The largest absolute Gasteiger partial charge is 0.393 e. The van der Waals surface area contributed by atoms with E-state index in [-0.39, 0.29) is 30.0 Å². The Bertz CT molecular complexity index is 1110. The maximum atomic E-state index is 13.5. The molecule has 202 valence electrons. The number of amides is 1. The molecule has 1 aromatic carbocycles. The summed E-state index contributed by atoms with van der Waals surface area (Å²) in [6.45, 7) is 0. The molecule has 3 aliphatic heterocycles. The van der Waals surface area contributed by atoms with Crippen molar-refractivity contribution in [1.82, 2.24) is 21.2 Å². The molecule has 1 amide bonds. The van der Waals surface area contributed by atoms with Gasteiger partial charge in [0, 0.05) is 35.9 Å². The number of hydrogen-bond donors (Lipinski definition) is 4. The maximum absolute atomic E-state index is 13.5. The minimum Gasteiger partial charge on any atom is -0.393 e. The van der Waals surface area contributed by atoms with Gasteiger partial charge in [-0.25, -0.2) is 5.43 Å². The van der Waals surface area contributed by atoms with Gasteiger partial charge >= 0.3 is 0 Å². The molecule has 2 aromatic rings. The van der Waals surface area contributed by atoms with Crippen LogP contribution in [0.25, 0.3) is 0 Å². The van der Waals surface area contributed by atoms with Crippen LogP contribution in [0.3, 0.4) is 0 Å². The van der Waals surface area contributed by atoms with Crippen molar-refractivity contribution in [3.8, 4) is 0 Å². The highest BCUT2D eigenvalue weighted by Crippen LogP contribution is 2.43. The predicted octanol–water partition coefficient (Wildman–Crippen LogP) is 4.17. The van der Waals surface area contributed by atoms with Gasteiger partial charge in [-0.15, -0.1) is 0 Å². The van der Waals surface area contributed by atoms with E-state index in [4.69, 9.17) is 0 Å². The van der Waals surface area contributed by atoms with Crippen LogP contribution in [0.1, 0.15) is 87.5 Å². The van der Waals surface area contributed by atoms with Gasteiger partial charge in [-0.05, 0) is 93.0 Å². The van der Waals surface area contributed by atoms with E-state index in [1.165, 1.54) is 36.9 Å². The lowest BCUT2D eigenvalue weighted by molar-refractivity contribution is -0.127. The standard InChI is InChI=1S/C31H41N5O2/c37-25-17-23-11-12-24(18-25)36(23)22-9-6-20(7-10-22)30-26-16-21(8-13-27(26)34-35-30)31(38)33-29(15-19-4-5-19)28-3-1-2-14-32-28/h1-3,6-7,9-10,14,19,21,23-27,29-30,34-35,37H,4-5,8,11-13,15-18H2,(H,33,38)/t21?,23-,24-,26?,27?,29+,30?/m0/s1. The third-order valence-corrected chi connectivity index (χ3v) is 10.0. The number of carbonyl (C=O) groups excluding carboxylic acids is 1. The van der Waals surface area contributed by atoms with E-state index >= 15 is 0 Å². The zero-order valence-electron chi connectivity index (χ0n) is 22.1. The molecular formula is C31H41N5O2. The summed E-state index contributed by atoms with van der Waals surface area (Å²) in [6, 6.07) is 16.7. The molecule has 0 radical (unpaired) electrons. The van der Waals surface area contributed by atoms with Gasteiger partial charge in [-0.3, -0.25) is 15.2 Å². The number of hydrazine groups is 1. The number of piperidine rings is 1. The summed E-state index contributed by atoms with van der Waals surface area (Å²) in [4.78, 5) is 20.6. The first-order chi connectivity index (χ1) is 18.6. The van der Waals surface area contributed by atoms with Gasteiger partial charge in [-0.1, -0.05) is 31.0 Å². The fraction of sp³-hybridized carbons (Fsp3) is 0.613. The molecule has 7 rings (SSSR count). The first kappa shape index (κ1) is 24.6. The van der Waals surface area contributed by atoms with Crippen LogP contribution in [0.5, 0.6) is 0 Å². The van der Waals surface area contributed by atoms with Crippen LogP contribution < -0.4 is 21.1 Å². The lowest BCUT2D eigenvalue weighted by atomic mass is 9.74. The highest BCUT2D eigenvalue weighted by molar-refractivity contribution is 5.79. The van der Waals surface area contributed by atoms with E-state index in [9.17, 15) is 9.90 Å². The fourth-order valence-corrected chi connectivity index (χ4v) is 7.86. The van der Waals surface area contributed by atoms with Gasteiger partial charge < -0.3 is 15.3 Å². The average molecular weight is 516 g/mol. The van der Waals surface area contributed by atoms with Gasteiger partial charge in [0.1, 0.15) is 0 Å². The molecule has 4 heterocycles. The summed E-state index contributed by atoms with van der Waals surface area (Å²) >= 11 is 0. The van der Waals surface area contributed by atoms with Gasteiger partial charge in [0.25, 0.3) is 0 Å². The highest BCUT2D eigenvalue weighted by Gasteiger charge is 2.44. The first-order valence-corrected chi connectivity index (χ1v) is 14.9. The molecule has 4 N–H and O–H groups in total. The normalized spacial score (nSPS) is 35.1. The van der Waals surface area contributed by atoms with Crippen LogP contribution in [-0.2, 0) is 4.79 Å². The summed E-state index contributed by atoms with van der Waals surface area (Å²) in [5.74, 6) is 1.35. The molecule has 3 saturated heterocycles. The lowest BCUT2D eigenvalue weighted by Gasteiger charge is -2.39. The molecule has 2 bridgehead atoms. The Balaban J connectivity index is 1.02. The van der Waals surface area contributed by atoms with Crippen molar-refractivity contribution < 1.29 is 9.90 Å². The molecule has 2 saturated carbocycles. The Morgan fingerprint density at radius 1 is 0.974 bits per heavy atom. The zero-order valence-corrected chi connectivity index (χ0v) is 22.1. The summed E-state index contributed by atoms with van der Waals surface area (Å²) < 4.78 is 0. The van der Waals surface area contributed by atoms with Gasteiger partial charge in [0.15, 0.2) is 0 Å². The minimum atomic E-state index is -0.141. The Kier molecular flexibility index (Phi) is 6.62. The smallest absolute Gasteiger partial charge is 0.223 e. The summed E-state index contributed by atoms with van der Waals surface area (Å²) in [6.07, 6.45) is 12.2. The number of nitrogens with one attached hydrogen (secondary N) is 3. The van der Waals surface area contributed by atoms with Crippen LogP contribution in [-0.4, -0.2) is 40.2 Å². The third kappa shape index (κ3) is 4.85. The molecule has 0 spiro atoms. The Labute approximate surface area is 225 Å². The van der Waals surface area contributed by atoms with Crippen molar-refractivity contribution in [2.24, 2.45) is 17.8 Å². The maximum Gasteiger partial charge on any atom is 0.223 e. The number of anilines is 1. The van der Waals surface area contributed by atoms with Crippen LogP contribution >= 0.6 is 0 Å². The Morgan fingerprint density at radius 3 is 2.47 bits per heavy atom. The van der Waals surface area contributed by atoms with E-state index in [0.29, 0.717) is 24.0 Å². The molecule has 7 nitrogen and oxygen atoms in total. The number of aliphatic hydroxyl groups is 1. The van der Waals surface area contributed by atoms with Gasteiger partial charge in [0.2, 0.25) is 5.91 Å². The second-order valence-corrected chi connectivity index (χ2v) is 12.6. The number of pyridine rings is 1. The van der Waals surface area contributed by atoms with Gasteiger partial charge in [-0.2, -0.15) is 0 Å². The molecule has 7 atom stereocenters. The number of aliphatic hydroxyl groups excluding tert-OH is 1. The van der Waals surface area contributed by atoms with E-state index in [0.717, 1.165) is 50.1 Å². The van der Waals surface area contributed by atoms with Crippen molar-refractivity contribution in [1.29, 1.82) is 0 Å². The molecule has 4 unspecified atom stereocenters. The summed E-state index contributed by atoms with van der Waals surface area (Å²) in [5, 5.41) is 13.6. The Hall–Kier alpha value is -2.48. The Morgan fingerprint density at radius 2 is 1.76 bits per heavy atom. The van der Waals surface area contributed by atoms with E-state index in [1.807, 2.05) is 24.4 Å². The van der Waals surface area contributed by atoms with E-state index in [2.05, 4.69) is 50.3 Å². The van der Waals surface area contributed by atoms with Crippen molar-refractivity contribution >= 4 is 11.6 Å². The predicted molar refractivity (Wildman–Crippen MR) is 147 cm³/mol. The van der Waals surface area contributed by atoms with Crippen molar-refractivity contribution in [2.45, 2.75) is 101 Å². The second-order valence-electron chi connectivity index (χ2n) is 12.6. The number of rotatable bonds is 7. The van der Waals surface area contributed by atoms with Crippen molar-refractivity contribution in [3.63, 3.8) is 0 Å². The summed E-state index contributed by atoms with van der Waals surface area (Å²) in [5.41, 5.74) is 10.7. The van der Waals surface area contributed by atoms with E-state index < -0.39 is 0 Å². The highest BCUT2D eigenvalue weighted by atomic mass is 16.3. The summed E-state index contributed by atoms with van der Waals surface area (Å²) in [7, 11) is 0. The zero-order chi connectivity index (χ0) is 25.6. The number of hydrogen-bond acceptors (Lipinski definition) is 6. The number of fused-ring (bicyclic) bond motifs is 3. The average Bonchev–Trinajstić information content (AvgIpc) is 3.59. The molecule has 38 heavy (non-hydrogen) atoms. The molecule has 5 fully saturated rings. The number of nitrogens with zero attached hydrogens (tertiary/aromatic N) is 2. The molecular weight excluding hydrogens is 474 g/mol. The molecule has 5 aliphatic rings. The topological polar surface area (TPSA) is 89.5 Å². The van der Waals surface area contributed by atoms with Crippen molar-refractivity contribution in [3.05, 3.63) is 59.9 Å². The van der Waals surface area contributed by atoms with Crippen LogP contribution in [0.15, 0.2) is 48.7 Å². The quantitative estimate of drug-likeness (QED) is 0.443. The SMILES string of the molecule is O=C(N[C@H](CC1CC1)c1ccccn1)C1CCC2NNC(c3ccc(N4[C@H]5CC[C@H]4CC(O)C5)cc3)C2C1.